The van der Waals surface area contributed by atoms with Crippen molar-refractivity contribution < 1.29 is 4.79 Å². The Balaban J connectivity index is 1.92. The van der Waals surface area contributed by atoms with E-state index in [9.17, 15) is 9.59 Å². The van der Waals surface area contributed by atoms with Gasteiger partial charge in [-0.2, -0.15) is 11.8 Å². The fraction of sp³-hybridized carbons (Fsp3) is 0.615. The molecule has 110 valence electrons. The van der Waals surface area contributed by atoms with Crippen molar-refractivity contribution in [1.29, 1.82) is 0 Å². The zero-order valence-electron chi connectivity index (χ0n) is 11.6. The summed E-state index contributed by atoms with van der Waals surface area (Å²) in [7, 11) is 0. The highest BCUT2D eigenvalue weighted by Crippen LogP contribution is 2.16. The first kappa shape index (κ1) is 15.4. The highest BCUT2D eigenvalue weighted by molar-refractivity contribution is 7.99. The SMILES string of the molecule is CCSCc1cc(=O)[nH]c(SCC(=O)N2CCCC2)n1. The molecule has 1 fully saturated rings. The minimum Gasteiger partial charge on any atom is -0.342 e. The van der Waals surface area contributed by atoms with Crippen LogP contribution in [0.25, 0.3) is 0 Å². The molecule has 0 unspecified atom stereocenters. The van der Waals surface area contributed by atoms with E-state index in [1.54, 1.807) is 11.8 Å². The van der Waals surface area contributed by atoms with Crippen LogP contribution in [0.1, 0.15) is 25.5 Å². The third-order valence-electron chi connectivity index (χ3n) is 3.02. The first-order valence-electron chi connectivity index (χ1n) is 6.77. The Hall–Kier alpha value is -0.950. The van der Waals surface area contributed by atoms with Crippen molar-refractivity contribution in [2.75, 3.05) is 24.6 Å². The molecule has 0 saturated carbocycles. The zero-order valence-corrected chi connectivity index (χ0v) is 13.2. The topological polar surface area (TPSA) is 66.1 Å². The quantitative estimate of drug-likeness (QED) is 0.640. The highest BCUT2D eigenvalue weighted by Gasteiger charge is 2.18. The number of thioether (sulfide) groups is 2. The number of hydrogen-bond acceptors (Lipinski definition) is 5. The fourth-order valence-electron chi connectivity index (χ4n) is 2.02. The van der Waals surface area contributed by atoms with E-state index in [1.807, 2.05) is 4.90 Å². The number of rotatable bonds is 6. The third kappa shape index (κ3) is 4.56. The molecule has 5 nitrogen and oxygen atoms in total. The Labute approximate surface area is 126 Å². The van der Waals surface area contributed by atoms with Crippen LogP contribution in [-0.2, 0) is 10.5 Å². The van der Waals surface area contributed by atoms with Crippen LogP contribution in [0.2, 0.25) is 0 Å². The van der Waals surface area contributed by atoms with Gasteiger partial charge in [0.25, 0.3) is 5.56 Å². The Kier molecular flexibility index (Phi) is 5.97. The van der Waals surface area contributed by atoms with Crippen LogP contribution >= 0.6 is 23.5 Å². The van der Waals surface area contributed by atoms with Gasteiger partial charge in [0.1, 0.15) is 0 Å². The molecule has 0 atom stereocenters. The molecule has 0 aliphatic carbocycles. The van der Waals surface area contributed by atoms with Gasteiger partial charge in [0.2, 0.25) is 5.91 Å². The highest BCUT2D eigenvalue weighted by atomic mass is 32.2. The summed E-state index contributed by atoms with van der Waals surface area (Å²) in [5.74, 6) is 2.19. The number of H-pyrrole nitrogens is 1. The summed E-state index contributed by atoms with van der Waals surface area (Å²) >= 11 is 3.03. The predicted octanol–water partition coefficient (Wildman–Crippen LogP) is 1.74. The van der Waals surface area contributed by atoms with Crippen molar-refractivity contribution in [2.24, 2.45) is 0 Å². The van der Waals surface area contributed by atoms with E-state index in [4.69, 9.17) is 0 Å². The van der Waals surface area contributed by atoms with Gasteiger partial charge in [0.05, 0.1) is 11.4 Å². The minimum absolute atomic E-state index is 0.128. The number of aromatic nitrogens is 2. The molecule has 1 saturated heterocycles. The molecule has 1 aliphatic rings. The van der Waals surface area contributed by atoms with Gasteiger partial charge in [-0.05, 0) is 18.6 Å². The smallest absolute Gasteiger partial charge is 0.251 e. The van der Waals surface area contributed by atoms with Gasteiger partial charge < -0.3 is 9.88 Å². The molecule has 2 rings (SSSR count). The van der Waals surface area contributed by atoms with Gasteiger partial charge >= 0.3 is 0 Å². The summed E-state index contributed by atoms with van der Waals surface area (Å²) in [6, 6.07) is 1.52. The first-order valence-corrected chi connectivity index (χ1v) is 8.91. The third-order valence-corrected chi connectivity index (χ3v) is 4.78. The lowest BCUT2D eigenvalue weighted by Gasteiger charge is -2.14. The summed E-state index contributed by atoms with van der Waals surface area (Å²) in [5, 5.41) is 0.539. The average molecular weight is 313 g/mol. The van der Waals surface area contributed by atoms with Crippen LogP contribution < -0.4 is 5.56 Å². The second-order valence-electron chi connectivity index (χ2n) is 4.56. The second kappa shape index (κ2) is 7.73. The molecule has 0 radical (unpaired) electrons. The maximum absolute atomic E-state index is 11.9. The number of carbonyl (C=O) groups is 1. The van der Waals surface area contributed by atoms with Crippen LogP contribution in [0.5, 0.6) is 0 Å². The van der Waals surface area contributed by atoms with Crippen molar-refractivity contribution in [2.45, 2.75) is 30.7 Å². The second-order valence-corrected chi connectivity index (χ2v) is 6.79. The molecule has 1 aliphatic heterocycles. The molecule has 0 spiro atoms. The van der Waals surface area contributed by atoms with Crippen molar-refractivity contribution in [3.8, 4) is 0 Å². The molecule has 7 heteroatoms. The van der Waals surface area contributed by atoms with Gasteiger partial charge in [-0.1, -0.05) is 18.7 Å². The van der Waals surface area contributed by atoms with Crippen LogP contribution in [0, 0.1) is 0 Å². The summed E-state index contributed by atoms with van der Waals surface area (Å²) in [6.07, 6.45) is 2.18. The molecular formula is C13H19N3O2S2. The molecule has 1 aromatic heterocycles. The zero-order chi connectivity index (χ0) is 14.4. The van der Waals surface area contributed by atoms with Crippen molar-refractivity contribution in [3.63, 3.8) is 0 Å². The number of aromatic amines is 1. The van der Waals surface area contributed by atoms with Crippen LogP contribution in [-0.4, -0.2) is 45.4 Å². The Bertz CT molecular complexity index is 513. The maximum Gasteiger partial charge on any atom is 0.251 e. The van der Waals surface area contributed by atoms with Gasteiger partial charge in [0.15, 0.2) is 5.16 Å². The normalized spacial score (nSPS) is 14.8. The number of amides is 1. The first-order chi connectivity index (χ1) is 9.69. The lowest BCUT2D eigenvalue weighted by atomic mass is 10.4. The summed E-state index contributed by atoms with van der Waals surface area (Å²) in [5.41, 5.74) is 0.625. The number of hydrogen-bond donors (Lipinski definition) is 1. The number of likely N-dealkylation sites (tertiary alicyclic amines) is 1. The Morgan fingerprint density at radius 2 is 2.20 bits per heavy atom. The van der Waals surface area contributed by atoms with E-state index >= 15 is 0 Å². The van der Waals surface area contributed by atoms with Crippen LogP contribution in [0.4, 0.5) is 0 Å². The van der Waals surface area contributed by atoms with Gasteiger partial charge in [-0.3, -0.25) is 9.59 Å². The van der Waals surface area contributed by atoms with Gasteiger partial charge in [-0.25, -0.2) is 4.98 Å². The van der Waals surface area contributed by atoms with Crippen molar-refractivity contribution in [1.82, 2.24) is 14.9 Å². The average Bonchev–Trinajstić information content (AvgIpc) is 2.96. The van der Waals surface area contributed by atoms with E-state index in [-0.39, 0.29) is 11.5 Å². The standard InChI is InChI=1S/C13H19N3O2S2/c1-2-19-8-10-7-11(17)15-13(14-10)20-9-12(18)16-5-3-4-6-16/h7H,2-6,8-9H2,1H3,(H,14,15,17). The van der Waals surface area contributed by atoms with E-state index in [2.05, 4.69) is 16.9 Å². The van der Waals surface area contributed by atoms with E-state index < -0.39 is 0 Å². The summed E-state index contributed by atoms with van der Waals surface area (Å²) in [6.45, 7) is 3.79. The van der Waals surface area contributed by atoms with Crippen LogP contribution in [0.15, 0.2) is 16.0 Å². The van der Waals surface area contributed by atoms with Gasteiger partial charge in [0, 0.05) is 24.9 Å². The summed E-state index contributed by atoms with van der Waals surface area (Å²) < 4.78 is 0. The lowest BCUT2D eigenvalue weighted by molar-refractivity contribution is -0.127. The number of nitrogens with one attached hydrogen (secondary N) is 1. The molecule has 2 heterocycles. The van der Waals surface area contributed by atoms with E-state index in [1.165, 1.54) is 17.8 Å². The number of nitrogens with zero attached hydrogens (tertiary/aromatic N) is 2. The summed E-state index contributed by atoms with van der Waals surface area (Å²) in [4.78, 5) is 32.5. The maximum atomic E-state index is 11.9. The van der Waals surface area contributed by atoms with Crippen molar-refractivity contribution in [3.05, 3.63) is 22.1 Å². The molecule has 20 heavy (non-hydrogen) atoms. The molecule has 1 amide bonds. The van der Waals surface area contributed by atoms with Crippen molar-refractivity contribution >= 4 is 29.4 Å². The Morgan fingerprint density at radius 3 is 2.90 bits per heavy atom. The molecular weight excluding hydrogens is 294 g/mol. The van der Waals surface area contributed by atoms with E-state index in [0.717, 1.165) is 43.1 Å². The largest absolute Gasteiger partial charge is 0.342 e. The minimum atomic E-state index is -0.150. The van der Waals surface area contributed by atoms with Crippen LogP contribution in [0.3, 0.4) is 0 Å². The molecule has 0 aromatic carbocycles. The van der Waals surface area contributed by atoms with Gasteiger partial charge in [-0.15, -0.1) is 0 Å². The lowest BCUT2D eigenvalue weighted by Crippen LogP contribution is -2.29. The molecule has 0 bridgehead atoms. The fourth-order valence-corrected chi connectivity index (χ4v) is 3.38. The molecule has 1 aromatic rings. The molecule has 1 N–H and O–H groups in total. The predicted molar refractivity (Wildman–Crippen MR) is 83.2 cm³/mol. The monoisotopic (exact) mass is 313 g/mol. The number of carbonyl (C=O) groups excluding carboxylic acids is 1. The van der Waals surface area contributed by atoms with E-state index in [0.29, 0.717) is 10.9 Å². The Morgan fingerprint density at radius 1 is 1.45 bits per heavy atom.